The molecule has 90 valence electrons. The Bertz CT molecular complexity index is 516. The van der Waals surface area contributed by atoms with Gasteiger partial charge in [0.05, 0.1) is 6.20 Å². The first-order chi connectivity index (χ1) is 8.25. The van der Waals surface area contributed by atoms with Crippen LogP contribution in [0.25, 0.3) is 5.65 Å². The number of aromatic nitrogens is 3. The lowest BCUT2D eigenvalue weighted by Crippen LogP contribution is -2.27. The van der Waals surface area contributed by atoms with Gasteiger partial charge in [-0.3, -0.25) is 0 Å². The molecular weight excluding hydrogens is 232 g/mol. The molecule has 5 heteroatoms. The summed E-state index contributed by atoms with van der Waals surface area (Å²) >= 11 is 2.06. The SMILES string of the molecule is CC1(CNc2ccn3nccc3n2)CCCS1. The fourth-order valence-electron chi connectivity index (χ4n) is 2.16. The van der Waals surface area contributed by atoms with E-state index >= 15 is 0 Å². The Morgan fingerprint density at radius 3 is 3.29 bits per heavy atom. The van der Waals surface area contributed by atoms with E-state index in [1.807, 2.05) is 18.3 Å². The third-order valence-electron chi connectivity index (χ3n) is 3.20. The molecule has 0 bridgehead atoms. The van der Waals surface area contributed by atoms with E-state index in [0.717, 1.165) is 18.0 Å². The van der Waals surface area contributed by atoms with Crippen molar-refractivity contribution in [2.24, 2.45) is 0 Å². The topological polar surface area (TPSA) is 42.2 Å². The average molecular weight is 248 g/mol. The number of nitrogens with one attached hydrogen (secondary N) is 1. The number of anilines is 1. The highest BCUT2D eigenvalue weighted by molar-refractivity contribution is 8.00. The molecular formula is C12H16N4S. The van der Waals surface area contributed by atoms with Gasteiger partial charge in [0.2, 0.25) is 0 Å². The minimum Gasteiger partial charge on any atom is -0.369 e. The summed E-state index contributed by atoms with van der Waals surface area (Å²) in [6.45, 7) is 3.31. The first-order valence-corrected chi connectivity index (χ1v) is 6.92. The van der Waals surface area contributed by atoms with Crippen LogP contribution in [-0.4, -0.2) is 31.6 Å². The third-order valence-corrected chi connectivity index (χ3v) is 4.74. The molecule has 1 atom stereocenters. The van der Waals surface area contributed by atoms with Crippen molar-refractivity contribution >= 4 is 23.2 Å². The molecule has 1 saturated heterocycles. The molecule has 0 saturated carbocycles. The van der Waals surface area contributed by atoms with Crippen LogP contribution in [-0.2, 0) is 0 Å². The summed E-state index contributed by atoms with van der Waals surface area (Å²) in [7, 11) is 0. The Labute approximate surface area is 105 Å². The molecule has 0 radical (unpaired) electrons. The van der Waals surface area contributed by atoms with Gasteiger partial charge in [0, 0.05) is 23.6 Å². The first kappa shape index (κ1) is 10.9. The standard InChI is InChI=1S/C12H16N4S/c1-12(5-2-8-17-12)9-13-10-4-7-16-11(15-10)3-6-14-16/h3-4,6-7H,2,5,8-9H2,1H3,(H,13,15). The van der Waals surface area contributed by atoms with Crippen molar-refractivity contribution < 1.29 is 0 Å². The van der Waals surface area contributed by atoms with Gasteiger partial charge in [-0.05, 0) is 31.6 Å². The minimum atomic E-state index is 0.369. The van der Waals surface area contributed by atoms with E-state index in [2.05, 4.69) is 34.1 Å². The highest BCUT2D eigenvalue weighted by Gasteiger charge is 2.29. The smallest absolute Gasteiger partial charge is 0.157 e. The van der Waals surface area contributed by atoms with E-state index in [1.165, 1.54) is 18.6 Å². The second-order valence-corrected chi connectivity index (χ2v) is 6.38. The number of hydrogen-bond donors (Lipinski definition) is 1. The van der Waals surface area contributed by atoms with Gasteiger partial charge in [-0.2, -0.15) is 16.9 Å². The van der Waals surface area contributed by atoms with Crippen molar-refractivity contribution in [1.82, 2.24) is 14.6 Å². The predicted molar refractivity (Wildman–Crippen MR) is 71.6 cm³/mol. The zero-order valence-corrected chi connectivity index (χ0v) is 10.7. The van der Waals surface area contributed by atoms with Crippen molar-refractivity contribution in [1.29, 1.82) is 0 Å². The molecule has 2 aromatic heterocycles. The van der Waals surface area contributed by atoms with Crippen LogP contribution in [0.1, 0.15) is 19.8 Å². The maximum atomic E-state index is 4.51. The van der Waals surface area contributed by atoms with Crippen LogP contribution in [0, 0.1) is 0 Å². The molecule has 0 aromatic carbocycles. The normalized spacial score (nSPS) is 24.3. The summed E-state index contributed by atoms with van der Waals surface area (Å²) < 4.78 is 2.14. The van der Waals surface area contributed by atoms with E-state index in [1.54, 1.807) is 10.7 Å². The summed E-state index contributed by atoms with van der Waals surface area (Å²) in [5.74, 6) is 2.22. The second-order valence-electron chi connectivity index (χ2n) is 4.70. The van der Waals surface area contributed by atoms with Gasteiger partial charge in [-0.25, -0.2) is 9.50 Å². The molecule has 1 aliphatic rings. The number of rotatable bonds is 3. The molecule has 1 unspecified atom stereocenters. The van der Waals surface area contributed by atoms with Crippen molar-refractivity contribution in [3.8, 4) is 0 Å². The minimum absolute atomic E-state index is 0.369. The Morgan fingerprint density at radius 1 is 1.53 bits per heavy atom. The van der Waals surface area contributed by atoms with Gasteiger partial charge in [0.25, 0.3) is 0 Å². The molecule has 0 amide bonds. The largest absolute Gasteiger partial charge is 0.369 e. The van der Waals surface area contributed by atoms with Crippen LogP contribution >= 0.6 is 11.8 Å². The van der Waals surface area contributed by atoms with Crippen molar-refractivity contribution in [3.63, 3.8) is 0 Å². The van der Waals surface area contributed by atoms with Gasteiger partial charge in [-0.1, -0.05) is 0 Å². The van der Waals surface area contributed by atoms with E-state index in [-0.39, 0.29) is 0 Å². The molecule has 3 heterocycles. The van der Waals surface area contributed by atoms with Crippen LogP contribution in [0.3, 0.4) is 0 Å². The Kier molecular flexibility index (Phi) is 2.70. The molecule has 1 aliphatic heterocycles. The quantitative estimate of drug-likeness (QED) is 0.906. The van der Waals surface area contributed by atoms with Gasteiger partial charge < -0.3 is 5.32 Å². The summed E-state index contributed by atoms with van der Waals surface area (Å²) in [4.78, 5) is 4.51. The maximum Gasteiger partial charge on any atom is 0.157 e. The molecule has 1 N–H and O–H groups in total. The van der Waals surface area contributed by atoms with E-state index in [4.69, 9.17) is 0 Å². The van der Waals surface area contributed by atoms with Crippen molar-refractivity contribution in [3.05, 3.63) is 24.5 Å². The van der Waals surface area contributed by atoms with Gasteiger partial charge >= 0.3 is 0 Å². The number of nitrogens with zero attached hydrogens (tertiary/aromatic N) is 3. The Balaban J connectivity index is 1.71. The van der Waals surface area contributed by atoms with Gasteiger partial charge in [0.15, 0.2) is 5.65 Å². The molecule has 4 nitrogen and oxygen atoms in total. The molecule has 17 heavy (non-hydrogen) atoms. The number of fused-ring (bicyclic) bond motifs is 1. The van der Waals surface area contributed by atoms with Crippen LogP contribution in [0.2, 0.25) is 0 Å². The van der Waals surface area contributed by atoms with Crippen molar-refractivity contribution in [2.45, 2.75) is 24.5 Å². The molecule has 0 aliphatic carbocycles. The lowest BCUT2D eigenvalue weighted by molar-refractivity contribution is 0.633. The first-order valence-electron chi connectivity index (χ1n) is 5.93. The average Bonchev–Trinajstić information content (AvgIpc) is 2.95. The Morgan fingerprint density at radius 2 is 2.47 bits per heavy atom. The van der Waals surface area contributed by atoms with Crippen LogP contribution in [0.5, 0.6) is 0 Å². The molecule has 1 fully saturated rings. The third kappa shape index (κ3) is 2.24. The Hall–Kier alpha value is -1.23. The van der Waals surface area contributed by atoms with E-state index < -0.39 is 0 Å². The zero-order chi connectivity index (χ0) is 11.7. The molecule has 0 spiro atoms. The number of thioether (sulfide) groups is 1. The van der Waals surface area contributed by atoms with Gasteiger partial charge in [0.1, 0.15) is 5.82 Å². The highest BCUT2D eigenvalue weighted by Crippen LogP contribution is 2.37. The summed E-state index contributed by atoms with van der Waals surface area (Å²) in [5.41, 5.74) is 0.888. The summed E-state index contributed by atoms with van der Waals surface area (Å²) in [5, 5.41) is 7.57. The van der Waals surface area contributed by atoms with E-state index in [9.17, 15) is 0 Å². The fourth-order valence-corrected chi connectivity index (χ4v) is 3.41. The van der Waals surface area contributed by atoms with E-state index in [0.29, 0.717) is 4.75 Å². The second kappa shape index (κ2) is 4.22. The predicted octanol–water partition coefficient (Wildman–Crippen LogP) is 2.43. The van der Waals surface area contributed by atoms with Gasteiger partial charge in [-0.15, -0.1) is 0 Å². The van der Waals surface area contributed by atoms with Crippen LogP contribution < -0.4 is 5.32 Å². The number of hydrogen-bond acceptors (Lipinski definition) is 4. The van der Waals surface area contributed by atoms with Crippen molar-refractivity contribution in [2.75, 3.05) is 17.6 Å². The summed E-state index contributed by atoms with van der Waals surface area (Å²) in [6, 6.07) is 3.89. The molecule has 3 rings (SSSR count). The maximum absolute atomic E-state index is 4.51. The monoisotopic (exact) mass is 248 g/mol. The highest BCUT2D eigenvalue weighted by atomic mass is 32.2. The lowest BCUT2D eigenvalue weighted by Gasteiger charge is -2.23. The zero-order valence-electron chi connectivity index (χ0n) is 9.89. The van der Waals surface area contributed by atoms with Crippen LogP contribution in [0.15, 0.2) is 24.5 Å². The van der Waals surface area contributed by atoms with Crippen LogP contribution in [0.4, 0.5) is 5.82 Å². The fraction of sp³-hybridized carbons (Fsp3) is 0.500. The summed E-state index contributed by atoms with van der Waals surface area (Å²) in [6.07, 6.45) is 6.33. The molecule has 2 aromatic rings. The lowest BCUT2D eigenvalue weighted by atomic mass is 10.1.